The highest BCUT2D eigenvalue weighted by Crippen LogP contribution is 2.29. The number of nitrogens with one attached hydrogen (secondary N) is 1. The third kappa shape index (κ3) is 2.97. The summed E-state index contributed by atoms with van der Waals surface area (Å²) in [7, 11) is 0. The van der Waals surface area contributed by atoms with Crippen LogP contribution in [0.25, 0.3) is 0 Å². The van der Waals surface area contributed by atoms with Crippen LogP contribution in [0.15, 0.2) is 18.2 Å². The first-order chi connectivity index (χ1) is 8.68. The summed E-state index contributed by atoms with van der Waals surface area (Å²) in [6.07, 6.45) is 5.93. The first-order valence-electron chi connectivity index (χ1n) is 6.35. The van der Waals surface area contributed by atoms with Crippen molar-refractivity contribution in [2.45, 2.75) is 32.1 Å². The molecular formula is C13H17FN2O2. The van der Waals surface area contributed by atoms with Crippen molar-refractivity contribution in [1.82, 2.24) is 0 Å². The minimum absolute atomic E-state index is 0.0143. The molecule has 0 aromatic heterocycles. The minimum Gasteiger partial charge on any atom is -0.377 e. The van der Waals surface area contributed by atoms with Gasteiger partial charge >= 0.3 is 0 Å². The Hall–Kier alpha value is -1.65. The minimum atomic E-state index is -0.560. The summed E-state index contributed by atoms with van der Waals surface area (Å²) in [6, 6.07) is 3.92. The molecule has 1 aromatic carbocycles. The molecule has 4 nitrogen and oxygen atoms in total. The van der Waals surface area contributed by atoms with E-state index >= 15 is 0 Å². The van der Waals surface area contributed by atoms with Gasteiger partial charge in [-0.2, -0.15) is 0 Å². The van der Waals surface area contributed by atoms with Crippen LogP contribution < -0.4 is 5.32 Å². The first kappa shape index (κ1) is 12.8. The van der Waals surface area contributed by atoms with Crippen molar-refractivity contribution in [3.8, 4) is 0 Å². The van der Waals surface area contributed by atoms with Gasteiger partial charge in [0.1, 0.15) is 5.69 Å². The molecule has 98 valence electrons. The monoisotopic (exact) mass is 252 g/mol. The van der Waals surface area contributed by atoms with E-state index in [1.807, 2.05) is 0 Å². The summed E-state index contributed by atoms with van der Waals surface area (Å²) in [6.45, 7) is 0.590. The van der Waals surface area contributed by atoms with Crippen LogP contribution in [0.2, 0.25) is 0 Å². The van der Waals surface area contributed by atoms with Crippen molar-refractivity contribution in [1.29, 1.82) is 0 Å². The van der Waals surface area contributed by atoms with Crippen molar-refractivity contribution in [2.24, 2.45) is 5.92 Å². The van der Waals surface area contributed by atoms with Gasteiger partial charge in [-0.15, -0.1) is 0 Å². The van der Waals surface area contributed by atoms with Crippen LogP contribution in [-0.4, -0.2) is 11.5 Å². The van der Waals surface area contributed by atoms with Gasteiger partial charge in [0.05, 0.1) is 4.92 Å². The molecule has 0 aliphatic heterocycles. The van der Waals surface area contributed by atoms with Gasteiger partial charge in [0, 0.05) is 12.6 Å². The molecule has 18 heavy (non-hydrogen) atoms. The van der Waals surface area contributed by atoms with Crippen molar-refractivity contribution >= 4 is 11.4 Å². The van der Waals surface area contributed by atoms with E-state index in [2.05, 4.69) is 5.32 Å². The molecule has 1 fully saturated rings. The fourth-order valence-corrected chi connectivity index (χ4v) is 2.54. The van der Waals surface area contributed by atoms with Gasteiger partial charge in [-0.3, -0.25) is 10.1 Å². The highest BCUT2D eigenvalue weighted by Gasteiger charge is 2.18. The lowest BCUT2D eigenvalue weighted by molar-refractivity contribution is -0.384. The van der Waals surface area contributed by atoms with E-state index in [-0.39, 0.29) is 11.4 Å². The molecule has 1 saturated carbocycles. The predicted octanol–water partition coefficient (Wildman–Crippen LogP) is 3.73. The summed E-state index contributed by atoms with van der Waals surface area (Å²) in [5.41, 5.74) is -0.179. The first-order valence-corrected chi connectivity index (χ1v) is 6.35. The van der Waals surface area contributed by atoms with Gasteiger partial charge in [0.25, 0.3) is 5.69 Å². The molecule has 0 bridgehead atoms. The number of nitro groups is 1. The van der Waals surface area contributed by atoms with Gasteiger partial charge in [-0.05, 0) is 18.4 Å². The largest absolute Gasteiger partial charge is 0.377 e. The maximum absolute atomic E-state index is 13.5. The molecule has 1 N–H and O–H groups in total. The van der Waals surface area contributed by atoms with Gasteiger partial charge in [-0.25, -0.2) is 4.39 Å². The number of rotatable bonds is 5. The number of para-hydroxylation sites is 1. The smallest absolute Gasteiger partial charge is 0.295 e. The zero-order valence-electron chi connectivity index (χ0n) is 10.2. The molecule has 0 saturated heterocycles. The molecule has 0 spiro atoms. The van der Waals surface area contributed by atoms with Gasteiger partial charge in [0.2, 0.25) is 0 Å². The van der Waals surface area contributed by atoms with Crippen LogP contribution in [0, 0.1) is 21.8 Å². The van der Waals surface area contributed by atoms with Crippen LogP contribution >= 0.6 is 0 Å². The van der Waals surface area contributed by atoms with Gasteiger partial charge in [0.15, 0.2) is 5.82 Å². The van der Waals surface area contributed by atoms with Gasteiger partial charge in [-0.1, -0.05) is 31.7 Å². The number of nitrogens with zero attached hydrogens (tertiary/aromatic N) is 1. The normalized spacial score (nSPS) is 15.8. The third-order valence-electron chi connectivity index (χ3n) is 3.52. The maximum atomic E-state index is 13.5. The summed E-state index contributed by atoms with van der Waals surface area (Å²) >= 11 is 0. The molecule has 0 unspecified atom stereocenters. The number of halogens is 1. The van der Waals surface area contributed by atoms with Crippen LogP contribution in [0.5, 0.6) is 0 Å². The highest BCUT2D eigenvalue weighted by molar-refractivity contribution is 5.62. The lowest BCUT2D eigenvalue weighted by Crippen LogP contribution is -2.09. The van der Waals surface area contributed by atoms with Crippen molar-refractivity contribution in [3.05, 3.63) is 34.1 Å². The molecule has 5 heteroatoms. The fraction of sp³-hybridized carbons (Fsp3) is 0.538. The highest BCUT2D eigenvalue weighted by atomic mass is 19.1. The van der Waals surface area contributed by atoms with E-state index < -0.39 is 10.7 Å². The molecule has 1 aliphatic carbocycles. The Balaban J connectivity index is 1.97. The average Bonchev–Trinajstić information content (AvgIpc) is 2.84. The van der Waals surface area contributed by atoms with E-state index in [0.29, 0.717) is 12.5 Å². The maximum Gasteiger partial charge on any atom is 0.295 e. The molecule has 0 atom stereocenters. The number of nitro benzene ring substituents is 1. The number of anilines is 1. The average molecular weight is 252 g/mol. The van der Waals surface area contributed by atoms with Gasteiger partial charge < -0.3 is 5.32 Å². The quantitative estimate of drug-likeness (QED) is 0.641. The second-order valence-electron chi connectivity index (χ2n) is 4.76. The number of benzene rings is 1. The van der Waals surface area contributed by atoms with E-state index in [0.717, 1.165) is 6.42 Å². The summed E-state index contributed by atoms with van der Waals surface area (Å²) in [5, 5.41) is 13.7. The summed E-state index contributed by atoms with van der Waals surface area (Å²) < 4.78 is 13.5. The van der Waals surface area contributed by atoms with E-state index in [9.17, 15) is 14.5 Å². The van der Waals surface area contributed by atoms with Crippen molar-refractivity contribution in [3.63, 3.8) is 0 Å². The fourth-order valence-electron chi connectivity index (χ4n) is 2.54. The summed E-state index contributed by atoms with van der Waals surface area (Å²) in [5.74, 6) is 0.124. The molecule has 0 amide bonds. The Labute approximate surface area is 105 Å². The van der Waals surface area contributed by atoms with Crippen LogP contribution in [0.3, 0.4) is 0 Å². The molecule has 2 rings (SSSR count). The van der Waals surface area contributed by atoms with Crippen molar-refractivity contribution < 1.29 is 9.31 Å². The summed E-state index contributed by atoms with van der Waals surface area (Å²) in [4.78, 5) is 10.2. The van der Waals surface area contributed by atoms with Crippen LogP contribution in [-0.2, 0) is 0 Å². The Kier molecular flexibility index (Phi) is 4.12. The second kappa shape index (κ2) is 5.80. The molecule has 0 radical (unpaired) electrons. The Morgan fingerprint density at radius 1 is 1.39 bits per heavy atom. The second-order valence-corrected chi connectivity index (χ2v) is 4.76. The predicted molar refractivity (Wildman–Crippen MR) is 68.1 cm³/mol. The molecule has 0 heterocycles. The zero-order valence-corrected chi connectivity index (χ0v) is 10.2. The molecule has 1 aromatic rings. The lowest BCUT2D eigenvalue weighted by atomic mass is 10.0. The topological polar surface area (TPSA) is 55.2 Å². The Morgan fingerprint density at radius 3 is 2.78 bits per heavy atom. The van der Waals surface area contributed by atoms with E-state index in [1.165, 1.54) is 43.9 Å². The SMILES string of the molecule is O=[N+]([O-])c1cccc(F)c1NCCC1CCCC1. The zero-order chi connectivity index (χ0) is 13.0. The lowest BCUT2D eigenvalue weighted by Gasteiger charge is -2.11. The van der Waals surface area contributed by atoms with Crippen LogP contribution in [0.1, 0.15) is 32.1 Å². The van der Waals surface area contributed by atoms with E-state index in [1.54, 1.807) is 0 Å². The van der Waals surface area contributed by atoms with Crippen molar-refractivity contribution in [2.75, 3.05) is 11.9 Å². The Bertz CT molecular complexity index is 431. The van der Waals surface area contributed by atoms with Crippen LogP contribution in [0.4, 0.5) is 15.8 Å². The Morgan fingerprint density at radius 2 is 2.11 bits per heavy atom. The number of hydrogen-bond donors (Lipinski definition) is 1. The van der Waals surface area contributed by atoms with E-state index in [4.69, 9.17) is 0 Å². The third-order valence-corrected chi connectivity index (χ3v) is 3.52. The number of hydrogen-bond acceptors (Lipinski definition) is 3. The molecular weight excluding hydrogens is 235 g/mol. The standard InChI is InChI=1S/C13H17FN2O2/c14-11-6-3-7-12(16(17)18)13(11)15-9-8-10-4-1-2-5-10/h3,6-7,10,15H,1-2,4-5,8-9H2. The molecule has 1 aliphatic rings.